The van der Waals surface area contributed by atoms with E-state index in [1.54, 1.807) is 4.90 Å². The number of halogens is 1. The molecule has 5 aliphatic rings. The van der Waals surface area contributed by atoms with Crippen LogP contribution in [0, 0.1) is 16.7 Å². The zero-order chi connectivity index (χ0) is 25.6. The number of amides is 2. The molecule has 0 aromatic heterocycles. The summed E-state index contributed by atoms with van der Waals surface area (Å²) in [5, 5.41) is 13.6. The SMILES string of the molecule is CC1C2=CN(C34CC(C(=O)O)(C3)C4)C(=O)N[C@]2(c2ccc(CCC(C)(C)C)c(Cl)c2)COC1(C)C. The van der Waals surface area contributed by atoms with E-state index in [0.717, 1.165) is 29.5 Å². The highest BCUT2D eigenvalue weighted by Gasteiger charge is 2.75. The normalized spacial score (nSPS) is 35.3. The first kappa shape index (κ1) is 24.6. The lowest BCUT2D eigenvalue weighted by molar-refractivity contribution is -0.216. The molecule has 1 saturated heterocycles. The number of fused-ring (bicyclic) bond motifs is 1. The number of aryl methyl sites for hydroxylation is 1. The van der Waals surface area contributed by atoms with Crippen LogP contribution in [0.25, 0.3) is 0 Å². The zero-order valence-corrected chi connectivity index (χ0v) is 22.4. The van der Waals surface area contributed by atoms with Crippen LogP contribution in [-0.2, 0) is 21.5 Å². The van der Waals surface area contributed by atoms with Gasteiger partial charge in [-0.2, -0.15) is 0 Å². The van der Waals surface area contributed by atoms with E-state index in [9.17, 15) is 14.7 Å². The lowest BCUT2D eigenvalue weighted by atomic mass is 9.38. The highest BCUT2D eigenvalue weighted by molar-refractivity contribution is 6.31. The van der Waals surface area contributed by atoms with Gasteiger partial charge in [0, 0.05) is 17.1 Å². The molecule has 2 N–H and O–H groups in total. The van der Waals surface area contributed by atoms with Crippen LogP contribution >= 0.6 is 11.6 Å². The summed E-state index contributed by atoms with van der Waals surface area (Å²) in [6.45, 7) is 13.3. The van der Waals surface area contributed by atoms with Crippen LogP contribution in [0.4, 0.5) is 4.79 Å². The predicted molar refractivity (Wildman–Crippen MR) is 135 cm³/mol. The molecular weight excluding hydrogens is 464 g/mol. The fraction of sp³-hybridized carbons (Fsp3) is 0.643. The molecule has 2 atom stereocenters. The molecule has 2 heterocycles. The number of carboxylic acid groups (broad SMARTS) is 1. The number of urea groups is 1. The Morgan fingerprint density at radius 2 is 1.91 bits per heavy atom. The Hall–Kier alpha value is -2.05. The molecule has 4 fully saturated rings. The Balaban J connectivity index is 1.51. The first-order valence-corrected chi connectivity index (χ1v) is 13.0. The summed E-state index contributed by atoms with van der Waals surface area (Å²) in [5.41, 5.74) is 1.08. The van der Waals surface area contributed by atoms with Gasteiger partial charge in [0.15, 0.2) is 0 Å². The van der Waals surface area contributed by atoms with E-state index in [1.165, 1.54) is 0 Å². The molecule has 6 nitrogen and oxygen atoms in total. The summed E-state index contributed by atoms with van der Waals surface area (Å²) in [6, 6.07) is 5.94. The van der Waals surface area contributed by atoms with Gasteiger partial charge in [0.2, 0.25) is 0 Å². The fourth-order valence-electron chi connectivity index (χ4n) is 6.43. The Labute approximate surface area is 213 Å². The van der Waals surface area contributed by atoms with Gasteiger partial charge < -0.3 is 15.2 Å². The summed E-state index contributed by atoms with van der Waals surface area (Å²) in [6.07, 6.45) is 5.47. The summed E-state index contributed by atoms with van der Waals surface area (Å²) in [4.78, 5) is 27.0. The van der Waals surface area contributed by atoms with Gasteiger partial charge in [-0.25, -0.2) is 4.79 Å². The topological polar surface area (TPSA) is 78.9 Å². The maximum absolute atomic E-state index is 13.5. The summed E-state index contributed by atoms with van der Waals surface area (Å²) >= 11 is 6.78. The molecule has 0 radical (unpaired) electrons. The van der Waals surface area contributed by atoms with E-state index in [-0.39, 0.29) is 17.4 Å². The number of carboxylic acids is 1. The Morgan fingerprint density at radius 3 is 2.49 bits per heavy atom. The monoisotopic (exact) mass is 500 g/mol. The smallest absolute Gasteiger partial charge is 0.322 e. The van der Waals surface area contributed by atoms with Crippen molar-refractivity contribution >= 4 is 23.6 Å². The summed E-state index contributed by atoms with van der Waals surface area (Å²) in [7, 11) is 0. The molecule has 3 saturated carbocycles. The minimum absolute atomic E-state index is 0.0273. The third-order valence-corrected chi connectivity index (χ3v) is 9.48. The molecule has 6 rings (SSSR count). The Kier molecular flexibility index (Phi) is 5.27. The van der Waals surface area contributed by atoms with Crippen molar-refractivity contribution in [3.8, 4) is 0 Å². The predicted octanol–water partition coefficient (Wildman–Crippen LogP) is 5.88. The van der Waals surface area contributed by atoms with Crippen molar-refractivity contribution in [3.05, 3.63) is 46.1 Å². The number of ether oxygens (including phenoxy) is 1. The quantitative estimate of drug-likeness (QED) is 0.529. The van der Waals surface area contributed by atoms with Crippen LogP contribution in [0.5, 0.6) is 0 Å². The molecule has 35 heavy (non-hydrogen) atoms. The molecule has 2 bridgehead atoms. The molecule has 7 heteroatoms. The van der Waals surface area contributed by atoms with Gasteiger partial charge in [0.05, 0.1) is 23.2 Å². The minimum atomic E-state index is -0.803. The maximum atomic E-state index is 13.5. The van der Waals surface area contributed by atoms with E-state index < -0.39 is 28.1 Å². The van der Waals surface area contributed by atoms with Gasteiger partial charge in [-0.1, -0.05) is 51.4 Å². The number of rotatable bonds is 5. The molecule has 1 unspecified atom stereocenters. The van der Waals surface area contributed by atoms with Gasteiger partial charge in [-0.15, -0.1) is 0 Å². The van der Waals surface area contributed by atoms with E-state index >= 15 is 0 Å². The van der Waals surface area contributed by atoms with E-state index in [4.69, 9.17) is 16.3 Å². The van der Waals surface area contributed by atoms with Crippen LogP contribution in [0.15, 0.2) is 30.0 Å². The largest absolute Gasteiger partial charge is 0.481 e. The average Bonchev–Trinajstić information content (AvgIpc) is 2.68. The van der Waals surface area contributed by atoms with Crippen molar-refractivity contribution in [2.45, 2.75) is 90.3 Å². The van der Waals surface area contributed by atoms with Crippen molar-refractivity contribution in [1.29, 1.82) is 0 Å². The van der Waals surface area contributed by atoms with Crippen LogP contribution in [0.1, 0.15) is 78.4 Å². The molecule has 190 valence electrons. The number of hydrogen-bond acceptors (Lipinski definition) is 3. The number of carbonyl (C=O) groups is 2. The van der Waals surface area contributed by atoms with Crippen LogP contribution in [-0.4, -0.2) is 39.8 Å². The third kappa shape index (κ3) is 3.62. The van der Waals surface area contributed by atoms with Gasteiger partial charge in [-0.3, -0.25) is 9.69 Å². The molecule has 1 aromatic rings. The van der Waals surface area contributed by atoms with Crippen LogP contribution in [0.2, 0.25) is 5.02 Å². The molecule has 0 spiro atoms. The number of benzene rings is 1. The average molecular weight is 501 g/mol. The molecule has 2 aliphatic heterocycles. The first-order chi connectivity index (χ1) is 16.1. The molecule has 3 aliphatic carbocycles. The Morgan fingerprint density at radius 1 is 1.26 bits per heavy atom. The van der Waals surface area contributed by atoms with Crippen molar-refractivity contribution in [2.24, 2.45) is 16.7 Å². The number of nitrogens with zero attached hydrogens (tertiary/aromatic N) is 1. The Bertz CT molecular complexity index is 1110. The van der Waals surface area contributed by atoms with Crippen molar-refractivity contribution < 1.29 is 19.4 Å². The second-order valence-electron chi connectivity index (χ2n) is 13.1. The van der Waals surface area contributed by atoms with E-state index in [2.05, 4.69) is 59.0 Å². The number of carbonyl (C=O) groups excluding carboxylic acids is 1. The molecular formula is C28H37ClN2O4. The third-order valence-electron chi connectivity index (χ3n) is 9.13. The highest BCUT2D eigenvalue weighted by Crippen LogP contribution is 2.70. The fourth-order valence-corrected chi connectivity index (χ4v) is 6.71. The molecule has 2 amide bonds. The second kappa shape index (κ2) is 7.48. The van der Waals surface area contributed by atoms with E-state index in [0.29, 0.717) is 30.9 Å². The van der Waals surface area contributed by atoms with Gasteiger partial charge >= 0.3 is 12.0 Å². The lowest BCUT2D eigenvalue weighted by Crippen LogP contribution is -2.79. The highest BCUT2D eigenvalue weighted by atomic mass is 35.5. The first-order valence-electron chi connectivity index (χ1n) is 12.6. The van der Waals surface area contributed by atoms with Crippen molar-refractivity contribution in [3.63, 3.8) is 0 Å². The van der Waals surface area contributed by atoms with Gasteiger partial charge in [0.25, 0.3) is 0 Å². The zero-order valence-electron chi connectivity index (χ0n) is 21.6. The number of nitrogens with one attached hydrogen (secondary N) is 1. The summed E-state index contributed by atoms with van der Waals surface area (Å²) < 4.78 is 6.34. The number of aliphatic carboxylic acids is 1. The van der Waals surface area contributed by atoms with Gasteiger partial charge in [-0.05, 0) is 74.1 Å². The number of hydrogen-bond donors (Lipinski definition) is 2. The maximum Gasteiger partial charge on any atom is 0.322 e. The van der Waals surface area contributed by atoms with Crippen molar-refractivity contribution in [2.75, 3.05) is 6.61 Å². The van der Waals surface area contributed by atoms with Crippen molar-refractivity contribution in [1.82, 2.24) is 10.2 Å². The molecule has 1 aromatic carbocycles. The van der Waals surface area contributed by atoms with Crippen LogP contribution < -0.4 is 5.32 Å². The van der Waals surface area contributed by atoms with E-state index in [1.807, 2.05) is 12.3 Å². The summed E-state index contributed by atoms with van der Waals surface area (Å²) in [5.74, 6) is -0.722. The standard InChI is InChI=1S/C28H37ClN2O4/c1-17-20-12-31(27-13-26(14-27,15-27)22(32)33)23(34)30-28(20,16-35-25(17,5)6)19-8-7-18(21(29)11-19)9-10-24(2,3)4/h7-8,11-12,17H,9-10,13-16H2,1-6H3,(H,30,34)(H,32,33)/t17?,26?,27?,28-/m0/s1. The lowest BCUT2D eigenvalue weighted by Gasteiger charge is -2.71. The van der Waals surface area contributed by atoms with Gasteiger partial charge in [0.1, 0.15) is 5.54 Å². The second-order valence-corrected chi connectivity index (χ2v) is 13.5. The van der Waals surface area contributed by atoms with Crippen LogP contribution in [0.3, 0.4) is 0 Å². The minimum Gasteiger partial charge on any atom is -0.481 e.